The van der Waals surface area contributed by atoms with Crippen LogP contribution >= 0.6 is 11.6 Å². The molecule has 11 nitrogen and oxygen atoms in total. The first-order chi connectivity index (χ1) is 21.0. The van der Waals surface area contributed by atoms with E-state index in [2.05, 4.69) is 30.1 Å². The number of nitrogens with one attached hydrogen (secondary N) is 1. The van der Waals surface area contributed by atoms with Crippen LogP contribution in [0.25, 0.3) is 26.9 Å². The van der Waals surface area contributed by atoms with Gasteiger partial charge in [0.25, 0.3) is 0 Å². The van der Waals surface area contributed by atoms with Crippen LogP contribution in [0, 0.1) is 6.57 Å². The highest BCUT2D eigenvalue weighted by molar-refractivity contribution is 6.30. The predicted octanol–water partition coefficient (Wildman–Crippen LogP) is 6.86. The van der Waals surface area contributed by atoms with E-state index in [0.717, 1.165) is 33.7 Å². The Bertz CT molecular complexity index is 1790. The summed E-state index contributed by atoms with van der Waals surface area (Å²) in [6.45, 7) is 9.38. The molecular formula is C31H27ClN10O. The van der Waals surface area contributed by atoms with E-state index < -0.39 is 6.04 Å². The van der Waals surface area contributed by atoms with Gasteiger partial charge in [0.05, 0.1) is 30.3 Å². The number of rotatable bonds is 5. The van der Waals surface area contributed by atoms with Crippen molar-refractivity contribution in [3.8, 4) is 0 Å². The Kier molecular flexibility index (Phi) is 7.81. The Morgan fingerprint density at radius 2 is 1.95 bits per heavy atom. The molecule has 6 rings (SSSR count). The molecule has 0 spiro atoms. The number of nitrogens with zero attached hydrogens (tertiary/aromatic N) is 9. The van der Waals surface area contributed by atoms with E-state index in [0.29, 0.717) is 42.6 Å². The molecule has 0 bridgehead atoms. The zero-order valence-electron chi connectivity index (χ0n) is 23.3. The van der Waals surface area contributed by atoms with Crippen molar-refractivity contribution in [2.45, 2.75) is 12.1 Å². The lowest BCUT2D eigenvalue weighted by Crippen LogP contribution is -2.51. The number of pyridine rings is 1. The third-order valence-corrected chi connectivity index (χ3v) is 8.11. The highest BCUT2D eigenvalue weighted by atomic mass is 35.5. The molecule has 1 saturated heterocycles. The second-order valence-corrected chi connectivity index (χ2v) is 10.8. The molecule has 1 unspecified atom stereocenters. The Balaban J connectivity index is 1.33. The molecule has 2 atom stereocenters. The molecule has 2 amide bonds. The number of carbonyl (C=O) groups is 1. The molecule has 214 valence electrons. The van der Waals surface area contributed by atoms with Crippen molar-refractivity contribution in [3.05, 3.63) is 128 Å². The van der Waals surface area contributed by atoms with Crippen LogP contribution in [0.4, 0.5) is 16.2 Å². The first kappa shape index (κ1) is 28.0. The molecule has 12 heteroatoms. The number of aryl methyl sites for hydroxylation is 1. The van der Waals surface area contributed by atoms with E-state index in [-0.39, 0.29) is 12.1 Å². The second-order valence-electron chi connectivity index (χ2n) is 10.4. The number of carbonyl (C=O) groups excluding carboxylic acids is 1. The highest BCUT2D eigenvalue weighted by Gasteiger charge is 2.35. The molecule has 1 aliphatic carbocycles. The lowest BCUT2D eigenvalue weighted by atomic mass is 9.90. The molecule has 0 saturated carbocycles. The molecule has 2 aliphatic rings. The Hall–Kier alpha value is -5.14. The molecule has 2 aromatic heterocycles. The van der Waals surface area contributed by atoms with Gasteiger partial charge >= 0.3 is 6.03 Å². The zero-order chi connectivity index (χ0) is 29.9. The number of azide groups is 1. The molecule has 3 heterocycles. The number of amides is 2. The van der Waals surface area contributed by atoms with Crippen LogP contribution < -0.4 is 5.32 Å². The number of aromatic nitrogens is 3. The van der Waals surface area contributed by atoms with Crippen LogP contribution in [0.15, 0.2) is 78.4 Å². The first-order valence-electron chi connectivity index (χ1n) is 13.7. The summed E-state index contributed by atoms with van der Waals surface area (Å²) in [7, 11) is 1.87. The molecule has 43 heavy (non-hydrogen) atoms. The number of benzene rings is 2. The van der Waals surface area contributed by atoms with Crippen molar-refractivity contribution in [2.24, 2.45) is 12.2 Å². The lowest BCUT2D eigenvalue weighted by Gasteiger charge is -2.39. The molecule has 4 aromatic rings. The molecular weight excluding hydrogens is 564 g/mol. The fraction of sp³-hybridized carbons (Fsp3) is 0.226. The van der Waals surface area contributed by atoms with Gasteiger partial charge in [-0.05, 0) is 64.2 Å². The Morgan fingerprint density at radius 3 is 2.65 bits per heavy atom. The van der Waals surface area contributed by atoms with Crippen LogP contribution in [0.5, 0.6) is 0 Å². The minimum atomic E-state index is -0.647. The third kappa shape index (κ3) is 5.55. The molecule has 0 radical (unpaired) electrons. The van der Waals surface area contributed by atoms with E-state index >= 15 is 0 Å². The summed E-state index contributed by atoms with van der Waals surface area (Å²) in [5.41, 5.74) is 16.0. The topological polar surface area (TPSA) is 119 Å². The lowest BCUT2D eigenvalue weighted by molar-refractivity contribution is 0.125. The van der Waals surface area contributed by atoms with E-state index in [9.17, 15) is 10.3 Å². The van der Waals surface area contributed by atoms with Gasteiger partial charge in [0.15, 0.2) is 5.69 Å². The molecule has 1 aliphatic heterocycles. The normalized spacial score (nSPS) is 16.9. The number of halogens is 1. The number of fused-ring (bicyclic) bond motifs is 2. The average molecular weight is 591 g/mol. The monoisotopic (exact) mass is 590 g/mol. The summed E-state index contributed by atoms with van der Waals surface area (Å²) in [4.78, 5) is 32.9. The van der Waals surface area contributed by atoms with Gasteiger partial charge in [0.2, 0.25) is 0 Å². The summed E-state index contributed by atoms with van der Waals surface area (Å²) in [5.74, 6) is 0. The first-order valence-corrected chi connectivity index (χ1v) is 14.1. The van der Waals surface area contributed by atoms with Gasteiger partial charge in [0.1, 0.15) is 6.04 Å². The van der Waals surface area contributed by atoms with Crippen molar-refractivity contribution in [2.75, 3.05) is 31.5 Å². The van der Waals surface area contributed by atoms with Gasteiger partial charge in [-0.25, -0.2) is 14.6 Å². The summed E-state index contributed by atoms with van der Waals surface area (Å²) in [6.07, 6.45) is 7.21. The van der Waals surface area contributed by atoms with Crippen molar-refractivity contribution < 1.29 is 4.79 Å². The van der Waals surface area contributed by atoms with Gasteiger partial charge in [0, 0.05) is 61.2 Å². The zero-order valence-corrected chi connectivity index (χ0v) is 24.1. The standard InChI is InChI=1S/C31H27ClN10O/c1-34-22-6-8-23(9-7-22)37-31(43)42-14-12-41(13-15-42)30-24-10-5-21(32)17-25(24)26(16-20-4-3-11-36-28(20)30)29(38-39-33)27-18-35-19-40(27)2/h3-11,16-19,29-30H,12-15H2,2H3,(H,37,43)/t29?,30-/m0/s1. The maximum Gasteiger partial charge on any atom is 0.321 e. The fourth-order valence-electron chi connectivity index (χ4n) is 5.75. The minimum Gasteiger partial charge on any atom is -0.337 e. The van der Waals surface area contributed by atoms with E-state index in [4.69, 9.17) is 23.2 Å². The smallest absolute Gasteiger partial charge is 0.321 e. The summed E-state index contributed by atoms with van der Waals surface area (Å²) in [6, 6.07) is 15.5. The average Bonchev–Trinajstić information content (AvgIpc) is 3.40. The predicted molar refractivity (Wildman–Crippen MR) is 165 cm³/mol. The third-order valence-electron chi connectivity index (χ3n) is 7.87. The van der Waals surface area contributed by atoms with Gasteiger partial charge < -0.3 is 14.8 Å². The minimum absolute atomic E-state index is 0.181. The van der Waals surface area contributed by atoms with Crippen LogP contribution in [0.2, 0.25) is 5.02 Å². The molecule has 1 N–H and O–H groups in total. The van der Waals surface area contributed by atoms with Crippen LogP contribution in [0.1, 0.15) is 40.2 Å². The van der Waals surface area contributed by atoms with Gasteiger partial charge in [-0.2, -0.15) is 0 Å². The molecule has 2 aromatic carbocycles. The van der Waals surface area contributed by atoms with Crippen LogP contribution in [-0.2, 0) is 7.05 Å². The van der Waals surface area contributed by atoms with E-state index in [1.54, 1.807) is 47.9 Å². The number of urea groups is 1. The van der Waals surface area contributed by atoms with Crippen LogP contribution in [0.3, 0.4) is 0 Å². The van der Waals surface area contributed by atoms with Crippen molar-refractivity contribution >= 4 is 40.7 Å². The number of anilines is 1. The maximum absolute atomic E-state index is 13.1. The number of hydrogen-bond acceptors (Lipinski definition) is 5. The number of hydrogen-bond donors (Lipinski definition) is 1. The number of piperazine rings is 1. The van der Waals surface area contributed by atoms with Crippen molar-refractivity contribution in [3.63, 3.8) is 0 Å². The van der Waals surface area contributed by atoms with Crippen molar-refractivity contribution in [1.29, 1.82) is 0 Å². The quantitative estimate of drug-likeness (QED) is 0.118. The van der Waals surface area contributed by atoms with Gasteiger partial charge in [-0.3, -0.25) is 9.88 Å². The SMILES string of the molecule is [C-]#[N+]c1ccc(NC(=O)N2CCN([C@H]3c4ccc(Cl)cc4C(C(N=[N+]=[N-])c4cncn4C)=Cc4cccnc43)CC2)cc1. The number of imidazole rings is 1. The highest BCUT2D eigenvalue weighted by Crippen LogP contribution is 2.45. The van der Waals surface area contributed by atoms with Gasteiger partial charge in [-0.1, -0.05) is 41.0 Å². The summed E-state index contributed by atoms with van der Waals surface area (Å²) in [5, 5.41) is 7.72. The van der Waals surface area contributed by atoms with Gasteiger partial charge in [-0.15, -0.1) is 0 Å². The Morgan fingerprint density at radius 1 is 1.16 bits per heavy atom. The summed E-state index contributed by atoms with van der Waals surface area (Å²) < 4.78 is 1.85. The summed E-state index contributed by atoms with van der Waals surface area (Å²) >= 11 is 6.57. The largest absolute Gasteiger partial charge is 0.337 e. The fourth-order valence-corrected chi connectivity index (χ4v) is 5.93. The van der Waals surface area contributed by atoms with E-state index in [1.807, 2.05) is 48.0 Å². The van der Waals surface area contributed by atoms with E-state index in [1.165, 1.54) is 0 Å². The van der Waals surface area contributed by atoms with Crippen LogP contribution in [-0.4, -0.2) is 56.5 Å². The van der Waals surface area contributed by atoms with Crippen molar-refractivity contribution in [1.82, 2.24) is 24.3 Å². The Labute approximate surface area is 253 Å². The maximum atomic E-state index is 13.1. The molecule has 1 fully saturated rings. The second kappa shape index (κ2) is 12.0.